The molecule has 3 rings (SSSR count). The van der Waals surface area contributed by atoms with Gasteiger partial charge in [0.15, 0.2) is 5.82 Å². The molecule has 1 amide bonds. The van der Waals surface area contributed by atoms with E-state index in [0.29, 0.717) is 11.4 Å². The minimum absolute atomic E-state index is 0.0159. The second-order valence-corrected chi connectivity index (χ2v) is 5.17. The molecular weight excluding hydrogens is 288 g/mol. The molecule has 22 heavy (non-hydrogen) atoms. The lowest BCUT2D eigenvalue weighted by Crippen LogP contribution is -2.46. The molecule has 1 atom stereocenters. The third-order valence-electron chi connectivity index (χ3n) is 3.46. The molecule has 2 aromatic heterocycles. The molecule has 1 fully saturated rings. The summed E-state index contributed by atoms with van der Waals surface area (Å²) in [5.41, 5.74) is 0.404. The van der Waals surface area contributed by atoms with E-state index in [9.17, 15) is 4.79 Å². The van der Waals surface area contributed by atoms with E-state index in [0.717, 1.165) is 32.8 Å². The fraction of sp³-hybridized carbons (Fsp3) is 0.583. The molecule has 3 heterocycles. The molecule has 0 radical (unpaired) electrons. The number of amides is 1. The van der Waals surface area contributed by atoms with Gasteiger partial charge in [0.2, 0.25) is 0 Å². The number of tetrazole rings is 1. The molecule has 1 saturated heterocycles. The zero-order valence-electron chi connectivity index (χ0n) is 12.3. The summed E-state index contributed by atoms with van der Waals surface area (Å²) in [6, 6.07) is 0.0159. The summed E-state index contributed by atoms with van der Waals surface area (Å²) in [6.45, 7) is 6.03. The maximum Gasteiger partial charge on any atom is 0.257 e. The third-order valence-corrected chi connectivity index (χ3v) is 3.46. The molecule has 0 aromatic carbocycles. The monoisotopic (exact) mass is 306 g/mol. The Morgan fingerprint density at radius 1 is 1.50 bits per heavy atom. The van der Waals surface area contributed by atoms with Gasteiger partial charge in [0.1, 0.15) is 11.9 Å². The maximum absolute atomic E-state index is 12.4. The number of carbonyl (C=O) groups is 1. The number of rotatable bonds is 5. The van der Waals surface area contributed by atoms with Gasteiger partial charge in [-0.2, -0.15) is 9.78 Å². The summed E-state index contributed by atoms with van der Waals surface area (Å²) < 4.78 is 6.69. The predicted octanol–water partition coefficient (Wildman–Crippen LogP) is -1.16. The standard InChI is InChI=1S/C12H18N8O2/c1-9(7-19-2-4-22-5-3-19)15-12(21)10-6-13-16-11(10)20-8-14-17-18-20/h6,8-9H,2-5,7H2,1H3,(H,13,16)(H,15,21)/t9-/m1/s1. The Kier molecular flexibility index (Phi) is 4.39. The number of carbonyl (C=O) groups excluding carboxylic acids is 1. The number of morpholine rings is 1. The number of nitrogens with zero attached hydrogens (tertiary/aromatic N) is 6. The minimum atomic E-state index is -0.208. The van der Waals surface area contributed by atoms with Crippen molar-refractivity contribution in [1.29, 1.82) is 0 Å². The van der Waals surface area contributed by atoms with Crippen LogP contribution in [-0.4, -0.2) is 80.1 Å². The van der Waals surface area contributed by atoms with E-state index < -0.39 is 0 Å². The number of ether oxygens (including phenoxy) is 1. The fourth-order valence-electron chi connectivity index (χ4n) is 2.40. The van der Waals surface area contributed by atoms with Crippen molar-refractivity contribution in [2.45, 2.75) is 13.0 Å². The highest BCUT2D eigenvalue weighted by Crippen LogP contribution is 2.09. The van der Waals surface area contributed by atoms with Crippen LogP contribution in [0.25, 0.3) is 5.82 Å². The first-order chi connectivity index (χ1) is 10.7. The Hall–Kier alpha value is -2.33. The van der Waals surface area contributed by atoms with Gasteiger partial charge in [-0.05, 0) is 17.4 Å². The Morgan fingerprint density at radius 3 is 3.05 bits per heavy atom. The van der Waals surface area contributed by atoms with Gasteiger partial charge in [-0.15, -0.1) is 5.10 Å². The molecule has 0 saturated carbocycles. The van der Waals surface area contributed by atoms with Crippen LogP contribution in [0.5, 0.6) is 0 Å². The Morgan fingerprint density at radius 2 is 2.32 bits per heavy atom. The minimum Gasteiger partial charge on any atom is -0.379 e. The largest absolute Gasteiger partial charge is 0.379 e. The summed E-state index contributed by atoms with van der Waals surface area (Å²) in [5, 5.41) is 20.4. The topological polar surface area (TPSA) is 114 Å². The number of H-pyrrole nitrogens is 1. The zero-order chi connectivity index (χ0) is 15.4. The Balaban J connectivity index is 1.61. The molecule has 0 aliphatic carbocycles. The van der Waals surface area contributed by atoms with Crippen LogP contribution in [0.4, 0.5) is 0 Å². The normalized spacial score (nSPS) is 17.3. The van der Waals surface area contributed by atoms with Crippen LogP contribution in [0.15, 0.2) is 12.5 Å². The van der Waals surface area contributed by atoms with Crippen molar-refractivity contribution in [2.75, 3.05) is 32.8 Å². The highest BCUT2D eigenvalue weighted by atomic mass is 16.5. The number of hydrogen-bond acceptors (Lipinski definition) is 7. The SMILES string of the molecule is C[C@H](CN1CCOCC1)NC(=O)c1cn[nH]c1-n1cnnn1. The second-order valence-electron chi connectivity index (χ2n) is 5.17. The first kappa shape index (κ1) is 14.6. The molecule has 2 aromatic rings. The average Bonchev–Trinajstić information content (AvgIpc) is 3.19. The molecule has 1 aliphatic heterocycles. The van der Waals surface area contributed by atoms with Crippen molar-refractivity contribution in [2.24, 2.45) is 0 Å². The van der Waals surface area contributed by atoms with Crippen molar-refractivity contribution in [1.82, 2.24) is 40.6 Å². The molecular formula is C12H18N8O2. The first-order valence-corrected chi connectivity index (χ1v) is 7.11. The van der Waals surface area contributed by atoms with Gasteiger partial charge in [-0.25, -0.2) is 0 Å². The number of hydrogen-bond donors (Lipinski definition) is 2. The molecule has 1 aliphatic rings. The lowest BCUT2D eigenvalue weighted by molar-refractivity contribution is 0.0342. The van der Waals surface area contributed by atoms with Crippen molar-refractivity contribution in [3.05, 3.63) is 18.1 Å². The van der Waals surface area contributed by atoms with Crippen LogP contribution < -0.4 is 5.32 Å². The van der Waals surface area contributed by atoms with E-state index in [4.69, 9.17) is 4.74 Å². The van der Waals surface area contributed by atoms with Crippen molar-refractivity contribution >= 4 is 5.91 Å². The van der Waals surface area contributed by atoms with Crippen LogP contribution in [0.1, 0.15) is 17.3 Å². The van der Waals surface area contributed by atoms with Crippen molar-refractivity contribution in [3.63, 3.8) is 0 Å². The van der Waals surface area contributed by atoms with E-state index >= 15 is 0 Å². The van der Waals surface area contributed by atoms with E-state index in [2.05, 4.69) is 35.9 Å². The number of nitrogens with one attached hydrogen (secondary N) is 2. The third kappa shape index (κ3) is 3.28. The molecule has 2 N–H and O–H groups in total. The molecule has 0 spiro atoms. The summed E-state index contributed by atoms with van der Waals surface area (Å²) >= 11 is 0. The Labute approximate surface area is 126 Å². The fourth-order valence-corrected chi connectivity index (χ4v) is 2.40. The van der Waals surface area contributed by atoms with Gasteiger partial charge >= 0.3 is 0 Å². The van der Waals surface area contributed by atoms with E-state index in [-0.39, 0.29) is 11.9 Å². The number of aromatic nitrogens is 6. The summed E-state index contributed by atoms with van der Waals surface area (Å²) in [4.78, 5) is 14.6. The lowest BCUT2D eigenvalue weighted by atomic mass is 10.2. The quantitative estimate of drug-likeness (QED) is 0.716. The molecule has 10 nitrogen and oxygen atoms in total. The lowest BCUT2D eigenvalue weighted by Gasteiger charge is -2.29. The zero-order valence-corrected chi connectivity index (χ0v) is 12.3. The van der Waals surface area contributed by atoms with Gasteiger partial charge in [-0.3, -0.25) is 14.8 Å². The van der Waals surface area contributed by atoms with Crippen LogP contribution in [0, 0.1) is 0 Å². The molecule has 0 unspecified atom stereocenters. The maximum atomic E-state index is 12.4. The summed E-state index contributed by atoms with van der Waals surface area (Å²) in [5.74, 6) is 0.237. The van der Waals surface area contributed by atoms with Gasteiger partial charge in [0.05, 0.1) is 19.4 Å². The van der Waals surface area contributed by atoms with Gasteiger partial charge in [0, 0.05) is 25.7 Å². The number of aromatic amines is 1. The smallest absolute Gasteiger partial charge is 0.257 e. The van der Waals surface area contributed by atoms with E-state index in [1.807, 2.05) is 6.92 Å². The van der Waals surface area contributed by atoms with Crippen LogP contribution in [-0.2, 0) is 4.74 Å². The van der Waals surface area contributed by atoms with Gasteiger partial charge < -0.3 is 10.1 Å². The van der Waals surface area contributed by atoms with Gasteiger partial charge in [-0.1, -0.05) is 0 Å². The average molecular weight is 306 g/mol. The molecule has 0 bridgehead atoms. The highest BCUT2D eigenvalue weighted by Gasteiger charge is 2.20. The highest BCUT2D eigenvalue weighted by molar-refractivity contribution is 5.97. The van der Waals surface area contributed by atoms with Gasteiger partial charge in [0.25, 0.3) is 5.91 Å². The van der Waals surface area contributed by atoms with Crippen molar-refractivity contribution < 1.29 is 9.53 Å². The van der Waals surface area contributed by atoms with E-state index in [1.165, 1.54) is 17.2 Å². The summed E-state index contributed by atoms with van der Waals surface area (Å²) in [6.07, 6.45) is 2.87. The summed E-state index contributed by atoms with van der Waals surface area (Å²) in [7, 11) is 0. The molecule has 118 valence electrons. The second kappa shape index (κ2) is 6.62. The Bertz CT molecular complexity index is 604. The van der Waals surface area contributed by atoms with Crippen LogP contribution in [0.3, 0.4) is 0 Å². The predicted molar refractivity (Wildman–Crippen MR) is 75.5 cm³/mol. The van der Waals surface area contributed by atoms with Crippen LogP contribution in [0.2, 0.25) is 0 Å². The molecule has 10 heteroatoms. The van der Waals surface area contributed by atoms with Crippen molar-refractivity contribution in [3.8, 4) is 5.82 Å². The van der Waals surface area contributed by atoms with E-state index in [1.54, 1.807) is 0 Å². The first-order valence-electron chi connectivity index (χ1n) is 7.11. The van der Waals surface area contributed by atoms with Crippen LogP contribution >= 0.6 is 0 Å².